The van der Waals surface area contributed by atoms with Crippen LogP contribution in [0.25, 0.3) is 21.9 Å². The SMILES string of the molecule is CC1(C)CCCC(C)(C)N1OCC1CN(C(=O)OCC2c3ccccc3-c3ccccc32)c2cc(OCc3ccccc3)c3ccc(C(=O)OCc4ccccc4)cc3c21. The van der Waals surface area contributed by atoms with Crippen molar-refractivity contribution in [1.29, 1.82) is 0 Å². The van der Waals surface area contributed by atoms with Crippen LogP contribution in [0.5, 0.6) is 5.75 Å². The summed E-state index contributed by atoms with van der Waals surface area (Å²) in [6, 6.07) is 43.9. The Morgan fingerprint density at radius 2 is 1.25 bits per heavy atom. The van der Waals surface area contributed by atoms with Gasteiger partial charge < -0.3 is 14.2 Å². The molecule has 60 heavy (non-hydrogen) atoms. The Kier molecular flexibility index (Phi) is 10.7. The van der Waals surface area contributed by atoms with Gasteiger partial charge in [0.15, 0.2) is 0 Å². The molecule has 306 valence electrons. The number of anilines is 1. The fourth-order valence-electron chi connectivity index (χ4n) is 9.72. The van der Waals surface area contributed by atoms with Gasteiger partial charge in [0.25, 0.3) is 0 Å². The number of amides is 1. The zero-order valence-electron chi connectivity index (χ0n) is 34.9. The minimum absolute atomic E-state index is 0.0862. The lowest BCUT2D eigenvalue weighted by atomic mass is 9.82. The second-order valence-electron chi connectivity index (χ2n) is 17.6. The number of nitrogens with zero attached hydrogens (tertiary/aromatic N) is 2. The zero-order chi connectivity index (χ0) is 41.4. The van der Waals surface area contributed by atoms with Crippen LogP contribution < -0.4 is 9.64 Å². The molecule has 2 aliphatic heterocycles. The van der Waals surface area contributed by atoms with E-state index >= 15 is 0 Å². The molecule has 1 fully saturated rings. The first-order valence-corrected chi connectivity index (χ1v) is 21.1. The first-order valence-electron chi connectivity index (χ1n) is 21.1. The Hall–Kier alpha value is -5.96. The highest BCUT2D eigenvalue weighted by molar-refractivity contribution is 6.04. The summed E-state index contributed by atoms with van der Waals surface area (Å²) < 4.78 is 18.7. The van der Waals surface area contributed by atoms with E-state index in [0.717, 1.165) is 57.9 Å². The molecule has 0 radical (unpaired) electrons. The van der Waals surface area contributed by atoms with E-state index in [0.29, 0.717) is 36.8 Å². The Morgan fingerprint density at radius 1 is 0.650 bits per heavy atom. The predicted molar refractivity (Wildman–Crippen MR) is 235 cm³/mol. The number of fused-ring (bicyclic) bond motifs is 6. The lowest BCUT2D eigenvalue weighted by Crippen LogP contribution is -2.58. The molecule has 0 N–H and O–H groups in total. The lowest BCUT2D eigenvalue weighted by Gasteiger charge is -2.51. The third-order valence-electron chi connectivity index (χ3n) is 12.5. The van der Waals surface area contributed by atoms with Crippen molar-refractivity contribution in [2.45, 2.75) is 83.1 Å². The molecule has 1 unspecified atom stereocenters. The highest BCUT2D eigenvalue weighted by Crippen LogP contribution is 2.48. The summed E-state index contributed by atoms with van der Waals surface area (Å²) in [6.07, 6.45) is 2.72. The quantitative estimate of drug-likeness (QED) is 0.121. The molecule has 6 aromatic rings. The maximum atomic E-state index is 14.6. The first-order chi connectivity index (χ1) is 29.1. The van der Waals surface area contributed by atoms with Gasteiger partial charge in [-0.15, -0.1) is 0 Å². The Bertz CT molecular complexity index is 2470. The molecule has 1 aliphatic carbocycles. The van der Waals surface area contributed by atoms with Crippen LogP contribution in [0.2, 0.25) is 0 Å². The number of carbonyl (C=O) groups excluding carboxylic acids is 2. The maximum absolute atomic E-state index is 14.6. The Morgan fingerprint density at radius 3 is 1.90 bits per heavy atom. The normalized spacial score (nSPS) is 17.8. The van der Waals surface area contributed by atoms with Crippen LogP contribution in [0.3, 0.4) is 0 Å². The molecular weight excluding hydrogens is 749 g/mol. The summed E-state index contributed by atoms with van der Waals surface area (Å²) in [5.74, 6) is -0.151. The van der Waals surface area contributed by atoms with E-state index in [-0.39, 0.29) is 36.1 Å². The predicted octanol–water partition coefficient (Wildman–Crippen LogP) is 11.6. The van der Waals surface area contributed by atoms with Crippen LogP contribution in [-0.4, -0.2) is 48.0 Å². The summed E-state index contributed by atoms with van der Waals surface area (Å²) in [7, 11) is 0. The summed E-state index contributed by atoms with van der Waals surface area (Å²) in [5.41, 5.74) is 8.23. The molecule has 6 aromatic carbocycles. The van der Waals surface area contributed by atoms with Crippen molar-refractivity contribution < 1.29 is 28.6 Å². The average Bonchev–Trinajstić information content (AvgIpc) is 3.79. The molecular formula is C52H52N2O6. The molecule has 0 spiro atoms. The van der Waals surface area contributed by atoms with Gasteiger partial charge >= 0.3 is 12.1 Å². The molecule has 1 saturated heterocycles. The van der Waals surface area contributed by atoms with Crippen molar-refractivity contribution in [1.82, 2.24) is 5.06 Å². The molecule has 3 aliphatic rings. The van der Waals surface area contributed by atoms with Gasteiger partial charge in [-0.2, -0.15) is 5.06 Å². The molecule has 1 amide bonds. The summed E-state index contributed by atoms with van der Waals surface area (Å²) in [5, 5.41) is 3.82. The van der Waals surface area contributed by atoms with Gasteiger partial charge in [0.2, 0.25) is 0 Å². The number of hydroxylamine groups is 2. The third-order valence-corrected chi connectivity index (χ3v) is 12.5. The first kappa shape index (κ1) is 39.5. The second-order valence-corrected chi connectivity index (χ2v) is 17.6. The Balaban J connectivity index is 1.09. The summed E-state index contributed by atoms with van der Waals surface area (Å²) in [4.78, 5) is 36.9. The average molecular weight is 801 g/mol. The maximum Gasteiger partial charge on any atom is 0.414 e. The number of esters is 1. The van der Waals surface area contributed by atoms with E-state index < -0.39 is 12.1 Å². The number of benzene rings is 6. The van der Waals surface area contributed by atoms with Gasteiger partial charge in [-0.3, -0.25) is 9.74 Å². The molecule has 1 atom stereocenters. The van der Waals surface area contributed by atoms with Gasteiger partial charge in [-0.1, -0.05) is 109 Å². The highest BCUT2D eigenvalue weighted by Gasteiger charge is 2.44. The molecule has 8 nitrogen and oxygen atoms in total. The molecule has 2 heterocycles. The van der Waals surface area contributed by atoms with Gasteiger partial charge in [-0.25, -0.2) is 9.59 Å². The second kappa shape index (κ2) is 16.2. The van der Waals surface area contributed by atoms with Crippen LogP contribution in [-0.2, 0) is 27.5 Å². The fourth-order valence-corrected chi connectivity index (χ4v) is 9.72. The van der Waals surface area contributed by atoms with Crippen molar-refractivity contribution in [3.8, 4) is 16.9 Å². The van der Waals surface area contributed by atoms with E-state index in [1.54, 1.807) is 11.0 Å². The fraction of sp³-hybridized carbons (Fsp3) is 0.308. The van der Waals surface area contributed by atoms with Crippen molar-refractivity contribution >= 4 is 28.5 Å². The van der Waals surface area contributed by atoms with Crippen LogP contribution in [0, 0.1) is 0 Å². The minimum atomic E-state index is -0.439. The van der Waals surface area contributed by atoms with E-state index in [1.165, 1.54) is 11.1 Å². The van der Waals surface area contributed by atoms with Crippen molar-refractivity contribution in [2.75, 3.05) is 24.7 Å². The van der Waals surface area contributed by atoms with Gasteiger partial charge in [-0.05, 0) is 109 Å². The Labute approximate surface area is 352 Å². The van der Waals surface area contributed by atoms with E-state index in [4.69, 9.17) is 19.0 Å². The van der Waals surface area contributed by atoms with Crippen molar-refractivity contribution in [3.63, 3.8) is 0 Å². The largest absolute Gasteiger partial charge is 0.488 e. The standard InChI is InChI=1S/C52H52N2O6/c1-51(2)26-15-27-52(3,4)54(51)60-33-38-30-53(50(56)59-34-45-41-22-13-11-20-39(41)40-21-12-14-23-42(40)45)46-29-47(57-31-35-16-7-5-8-17-35)43-25-24-37(28-44(43)48(38)46)49(55)58-32-36-18-9-6-10-19-36/h5-14,16-25,28-29,38,45H,15,26-27,30-34H2,1-4H3. The molecule has 8 heteroatoms. The number of rotatable bonds is 11. The highest BCUT2D eigenvalue weighted by atomic mass is 16.7. The van der Waals surface area contributed by atoms with E-state index in [2.05, 4.69) is 69.2 Å². The molecule has 0 saturated carbocycles. The van der Waals surface area contributed by atoms with E-state index in [9.17, 15) is 9.59 Å². The zero-order valence-corrected chi connectivity index (χ0v) is 34.9. The monoisotopic (exact) mass is 800 g/mol. The lowest BCUT2D eigenvalue weighted by molar-refractivity contribution is -0.282. The number of ether oxygens (including phenoxy) is 3. The van der Waals surface area contributed by atoms with Gasteiger partial charge in [0.1, 0.15) is 25.6 Å². The van der Waals surface area contributed by atoms with Crippen molar-refractivity contribution in [2.24, 2.45) is 0 Å². The smallest absolute Gasteiger partial charge is 0.414 e. The van der Waals surface area contributed by atoms with Crippen LogP contribution in [0.15, 0.2) is 133 Å². The van der Waals surface area contributed by atoms with Crippen LogP contribution >= 0.6 is 0 Å². The summed E-state index contributed by atoms with van der Waals surface area (Å²) in [6.45, 7) is 10.3. The number of hydrogen-bond donors (Lipinski definition) is 0. The van der Waals surface area contributed by atoms with Crippen LogP contribution in [0.1, 0.15) is 97.0 Å². The van der Waals surface area contributed by atoms with Crippen LogP contribution in [0.4, 0.5) is 10.5 Å². The minimum Gasteiger partial charge on any atom is -0.488 e. The number of hydrogen-bond acceptors (Lipinski definition) is 7. The van der Waals surface area contributed by atoms with Gasteiger partial charge in [0.05, 0.1) is 17.9 Å². The molecule has 0 aromatic heterocycles. The summed E-state index contributed by atoms with van der Waals surface area (Å²) >= 11 is 0. The number of piperidine rings is 1. The van der Waals surface area contributed by atoms with E-state index in [1.807, 2.05) is 91.0 Å². The third kappa shape index (κ3) is 7.66. The van der Waals surface area contributed by atoms with Gasteiger partial charge in [0, 0.05) is 40.9 Å². The molecule has 0 bridgehead atoms. The topological polar surface area (TPSA) is 77.5 Å². The van der Waals surface area contributed by atoms with Crippen molar-refractivity contribution in [3.05, 3.63) is 167 Å². The molecule has 9 rings (SSSR count). The number of carbonyl (C=O) groups is 2.